The third-order valence-corrected chi connectivity index (χ3v) is 4.20. The highest BCUT2D eigenvalue weighted by molar-refractivity contribution is 5.44. The van der Waals surface area contributed by atoms with Crippen LogP contribution in [0.5, 0.6) is 11.5 Å². The van der Waals surface area contributed by atoms with Gasteiger partial charge in [-0.25, -0.2) is 0 Å². The molecule has 0 fully saturated rings. The molecule has 1 aromatic carbocycles. The summed E-state index contributed by atoms with van der Waals surface area (Å²) in [5, 5.41) is 7.69. The van der Waals surface area contributed by atoms with Crippen LogP contribution in [0.2, 0.25) is 0 Å². The molecule has 0 spiro atoms. The molecular formula is C20H24N4O2. The second-order valence-electron chi connectivity index (χ2n) is 6.18. The molecule has 6 nitrogen and oxygen atoms in total. The highest BCUT2D eigenvalue weighted by atomic mass is 16.5. The number of rotatable bonds is 8. The number of nitrogens with zero attached hydrogens (tertiary/aromatic N) is 3. The Morgan fingerprint density at radius 1 is 1.12 bits per heavy atom. The standard InChI is InChI=1S/C20H24N4O2/c1-15(22-11-17-12-23-24(2)13-17)18-4-5-19(20(10-18)25-3)26-14-16-6-8-21-9-7-16/h4-10,12-13,15,22H,11,14H2,1-3H3. The minimum absolute atomic E-state index is 0.179. The van der Waals surface area contributed by atoms with Gasteiger partial charge in [-0.1, -0.05) is 6.07 Å². The van der Waals surface area contributed by atoms with Crippen molar-refractivity contribution >= 4 is 0 Å². The minimum atomic E-state index is 0.179. The summed E-state index contributed by atoms with van der Waals surface area (Å²) in [5.41, 5.74) is 3.36. The molecule has 0 amide bonds. The van der Waals surface area contributed by atoms with Crippen LogP contribution in [0.25, 0.3) is 0 Å². The summed E-state index contributed by atoms with van der Waals surface area (Å²) < 4.78 is 13.2. The molecule has 1 N–H and O–H groups in total. The van der Waals surface area contributed by atoms with Gasteiger partial charge in [-0.15, -0.1) is 0 Å². The Kier molecular flexibility index (Phi) is 5.86. The lowest BCUT2D eigenvalue weighted by Gasteiger charge is -2.17. The van der Waals surface area contributed by atoms with Crippen LogP contribution >= 0.6 is 0 Å². The van der Waals surface area contributed by atoms with Crippen LogP contribution in [0.4, 0.5) is 0 Å². The maximum Gasteiger partial charge on any atom is 0.161 e. The number of benzene rings is 1. The van der Waals surface area contributed by atoms with Crippen molar-refractivity contribution in [2.45, 2.75) is 26.1 Å². The second-order valence-corrected chi connectivity index (χ2v) is 6.18. The van der Waals surface area contributed by atoms with Crippen LogP contribution in [0.15, 0.2) is 55.1 Å². The van der Waals surface area contributed by atoms with Gasteiger partial charge in [-0.2, -0.15) is 5.10 Å². The molecule has 0 saturated heterocycles. The van der Waals surface area contributed by atoms with Gasteiger partial charge in [0.25, 0.3) is 0 Å². The summed E-state index contributed by atoms with van der Waals surface area (Å²) >= 11 is 0. The van der Waals surface area contributed by atoms with Crippen LogP contribution in [0.3, 0.4) is 0 Å². The lowest BCUT2D eigenvalue weighted by atomic mass is 10.1. The van der Waals surface area contributed by atoms with E-state index in [0.717, 1.165) is 34.7 Å². The molecule has 3 rings (SSSR count). The first-order valence-corrected chi connectivity index (χ1v) is 8.56. The Hall–Kier alpha value is -2.86. The molecule has 3 aromatic rings. The van der Waals surface area contributed by atoms with Gasteiger partial charge >= 0.3 is 0 Å². The monoisotopic (exact) mass is 352 g/mol. The van der Waals surface area contributed by atoms with E-state index >= 15 is 0 Å². The summed E-state index contributed by atoms with van der Waals surface area (Å²) in [4.78, 5) is 4.01. The van der Waals surface area contributed by atoms with Gasteiger partial charge < -0.3 is 14.8 Å². The first-order valence-electron chi connectivity index (χ1n) is 8.56. The van der Waals surface area contributed by atoms with Gasteiger partial charge in [0.15, 0.2) is 11.5 Å². The average Bonchev–Trinajstić information content (AvgIpc) is 3.10. The number of pyridine rings is 1. The van der Waals surface area contributed by atoms with E-state index in [0.29, 0.717) is 6.61 Å². The van der Waals surface area contributed by atoms with E-state index in [2.05, 4.69) is 28.4 Å². The van der Waals surface area contributed by atoms with Crippen molar-refractivity contribution < 1.29 is 9.47 Å². The number of aromatic nitrogens is 3. The Bertz CT molecular complexity index is 833. The number of nitrogens with one attached hydrogen (secondary N) is 1. The number of hydrogen-bond acceptors (Lipinski definition) is 5. The normalized spacial score (nSPS) is 12.0. The van der Waals surface area contributed by atoms with Gasteiger partial charge in [0.2, 0.25) is 0 Å². The molecular weight excluding hydrogens is 328 g/mol. The fourth-order valence-corrected chi connectivity index (χ4v) is 2.66. The lowest BCUT2D eigenvalue weighted by molar-refractivity contribution is 0.284. The van der Waals surface area contributed by atoms with Crippen molar-refractivity contribution in [2.75, 3.05) is 7.11 Å². The first-order chi connectivity index (χ1) is 12.7. The van der Waals surface area contributed by atoms with Crippen molar-refractivity contribution in [3.05, 3.63) is 71.8 Å². The smallest absolute Gasteiger partial charge is 0.161 e. The average molecular weight is 352 g/mol. The Morgan fingerprint density at radius 2 is 1.92 bits per heavy atom. The van der Waals surface area contributed by atoms with Gasteiger partial charge in [-0.3, -0.25) is 9.67 Å². The summed E-state index contributed by atoms with van der Waals surface area (Å²) in [7, 11) is 3.58. The Morgan fingerprint density at radius 3 is 2.62 bits per heavy atom. The summed E-state index contributed by atoms with van der Waals surface area (Å²) in [6.45, 7) is 3.37. The van der Waals surface area contributed by atoms with Gasteiger partial charge in [0.05, 0.1) is 13.3 Å². The van der Waals surface area contributed by atoms with E-state index < -0.39 is 0 Å². The van der Waals surface area contributed by atoms with E-state index in [-0.39, 0.29) is 6.04 Å². The Labute approximate surface area is 153 Å². The predicted octanol–water partition coefficient (Wildman–Crippen LogP) is 3.25. The molecule has 0 aliphatic heterocycles. The lowest BCUT2D eigenvalue weighted by Crippen LogP contribution is -2.18. The predicted molar refractivity (Wildman–Crippen MR) is 100 cm³/mol. The van der Waals surface area contributed by atoms with Crippen LogP contribution < -0.4 is 14.8 Å². The topological polar surface area (TPSA) is 61.2 Å². The minimum Gasteiger partial charge on any atom is -0.493 e. The number of hydrogen-bond donors (Lipinski definition) is 1. The van der Waals surface area contributed by atoms with E-state index in [1.807, 2.05) is 43.7 Å². The van der Waals surface area contributed by atoms with E-state index in [4.69, 9.17) is 9.47 Å². The van der Waals surface area contributed by atoms with Gasteiger partial charge in [0.1, 0.15) is 6.61 Å². The van der Waals surface area contributed by atoms with Crippen molar-refractivity contribution in [3.63, 3.8) is 0 Å². The van der Waals surface area contributed by atoms with Crippen molar-refractivity contribution in [2.24, 2.45) is 7.05 Å². The van der Waals surface area contributed by atoms with Crippen LogP contribution in [0, 0.1) is 0 Å². The first kappa shape index (κ1) is 17.9. The quantitative estimate of drug-likeness (QED) is 0.674. The molecule has 1 unspecified atom stereocenters. The highest BCUT2D eigenvalue weighted by Crippen LogP contribution is 2.31. The summed E-state index contributed by atoms with van der Waals surface area (Å²) in [5.74, 6) is 1.46. The fourth-order valence-electron chi connectivity index (χ4n) is 2.66. The number of aryl methyl sites for hydroxylation is 1. The summed E-state index contributed by atoms with van der Waals surface area (Å²) in [6, 6.07) is 10.1. The molecule has 0 bridgehead atoms. The van der Waals surface area contributed by atoms with E-state index in [1.54, 1.807) is 24.2 Å². The zero-order valence-corrected chi connectivity index (χ0v) is 15.3. The molecule has 0 aliphatic carbocycles. The maximum absolute atomic E-state index is 5.90. The van der Waals surface area contributed by atoms with E-state index in [9.17, 15) is 0 Å². The van der Waals surface area contributed by atoms with Gasteiger partial charge in [-0.05, 0) is 42.3 Å². The van der Waals surface area contributed by atoms with Gasteiger partial charge in [0, 0.05) is 43.8 Å². The zero-order valence-electron chi connectivity index (χ0n) is 15.3. The molecule has 26 heavy (non-hydrogen) atoms. The van der Waals surface area contributed by atoms with Crippen LogP contribution in [-0.2, 0) is 20.2 Å². The summed E-state index contributed by atoms with van der Waals surface area (Å²) in [6.07, 6.45) is 7.40. The largest absolute Gasteiger partial charge is 0.493 e. The number of ether oxygens (including phenoxy) is 2. The third kappa shape index (κ3) is 4.61. The maximum atomic E-state index is 5.90. The SMILES string of the molecule is COc1cc(C(C)NCc2cnn(C)c2)ccc1OCc1ccncc1. The van der Waals surface area contributed by atoms with Crippen molar-refractivity contribution in [1.29, 1.82) is 0 Å². The molecule has 6 heteroatoms. The fraction of sp³-hybridized carbons (Fsp3) is 0.300. The van der Waals surface area contributed by atoms with Crippen molar-refractivity contribution in [1.82, 2.24) is 20.1 Å². The molecule has 2 aromatic heterocycles. The van der Waals surface area contributed by atoms with Crippen LogP contribution in [0.1, 0.15) is 29.7 Å². The third-order valence-electron chi connectivity index (χ3n) is 4.20. The molecule has 0 aliphatic rings. The van der Waals surface area contributed by atoms with Crippen LogP contribution in [-0.4, -0.2) is 21.9 Å². The highest BCUT2D eigenvalue weighted by Gasteiger charge is 2.11. The molecule has 1 atom stereocenters. The Balaban J connectivity index is 1.63. The molecule has 0 radical (unpaired) electrons. The molecule has 0 saturated carbocycles. The molecule has 2 heterocycles. The van der Waals surface area contributed by atoms with E-state index in [1.165, 1.54) is 0 Å². The number of methoxy groups -OCH3 is 1. The molecule has 136 valence electrons. The zero-order chi connectivity index (χ0) is 18.4. The van der Waals surface area contributed by atoms with Crippen molar-refractivity contribution in [3.8, 4) is 11.5 Å². The second kappa shape index (κ2) is 8.49.